The Balaban J connectivity index is 1.95. The molecule has 17 heavy (non-hydrogen) atoms. The Morgan fingerprint density at radius 3 is 3.00 bits per heavy atom. The number of ether oxygens (including phenoxy) is 1. The molecule has 1 saturated heterocycles. The van der Waals surface area contributed by atoms with Crippen LogP contribution in [-0.2, 0) is 10.2 Å². The summed E-state index contributed by atoms with van der Waals surface area (Å²) in [6, 6.07) is 1.37. The average Bonchev–Trinajstić information content (AvgIpc) is 2.57. The van der Waals surface area contributed by atoms with Crippen LogP contribution < -0.4 is 19.9 Å². The van der Waals surface area contributed by atoms with Crippen molar-refractivity contribution in [1.82, 2.24) is 14.4 Å². The number of hydrogen-bond donors (Lipinski definition) is 3. The molecule has 0 saturated carbocycles. The van der Waals surface area contributed by atoms with Crippen LogP contribution in [0.3, 0.4) is 0 Å². The molecule has 7 nitrogen and oxygen atoms in total. The topological polar surface area (TPSA) is 106 Å². The fourth-order valence-electron chi connectivity index (χ4n) is 1.33. The normalized spacial score (nSPS) is 22.5. The van der Waals surface area contributed by atoms with Gasteiger partial charge in [0.05, 0.1) is 22.4 Å². The fraction of sp³-hybridized carbons (Fsp3) is 0.375. The molecule has 2 rings (SSSR count). The molecule has 0 bridgehead atoms. The van der Waals surface area contributed by atoms with Crippen molar-refractivity contribution in [1.29, 1.82) is 0 Å². The minimum atomic E-state index is -3.35. The summed E-state index contributed by atoms with van der Waals surface area (Å²) in [5.74, 6) is 0.380. The molecule has 1 aliphatic heterocycles. The second-order valence-corrected chi connectivity index (χ2v) is 5.92. The van der Waals surface area contributed by atoms with E-state index in [4.69, 9.17) is 10.5 Å². The lowest BCUT2D eigenvalue weighted by Crippen LogP contribution is -2.32. The predicted molar refractivity (Wildman–Crippen MR) is 65.7 cm³/mol. The Morgan fingerprint density at radius 1 is 1.65 bits per heavy atom. The van der Waals surface area contributed by atoms with Crippen LogP contribution in [0.5, 0.6) is 5.88 Å². The van der Waals surface area contributed by atoms with E-state index in [-0.39, 0.29) is 12.6 Å². The van der Waals surface area contributed by atoms with E-state index >= 15 is 0 Å². The number of nitrogens with two attached hydrogens (primary N) is 1. The summed E-state index contributed by atoms with van der Waals surface area (Å²) >= 11 is 3.26. The summed E-state index contributed by atoms with van der Waals surface area (Å²) in [5.41, 5.74) is 6.05. The van der Waals surface area contributed by atoms with Gasteiger partial charge in [-0.25, -0.2) is 9.71 Å². The lowest BCUT2D eigenvalue weighted by atomic mass is 10.3. The average molecular weight is 323 g/mol. The number of pyridine rings is 1. The molecular formula is C8H11BrN4O3S. The molecule has 4 N–H and O–H groups in total. The summed E-state index contributed by atoms with van der Waals surface area (Å²) in [6.07, 6.45) is 1.47. The minimum absolute atomic E-state index is 0.196. The van der Waals surface area contributed by atoms with Gasteiger partial charge in [0.2, 0.25) is 5.88 Å². The molecule has 0 unspecified atom stereocenters. The summed E-state index contributed by atoms with van der Waals surface area (Å²) in [6.45, 7) is 0.497. The van der Waals surface area contributed by atoms with E-state index < -0.39 is 10.2 Å². The molecule has 1 aliphatic rings. The molecule has 1 fully saturated rings. The molecule has 94 valence electrons. The van der Waals surface area contributed by atoms with E-state index in [1.807, 2.05) is 0 Å². The first-order chi connectivity index (χ1) is 7.96. The Morgan fingerprint density at radius 2 is 2.41 bits per heavy atom. The van der Waals surface area contributed by atoms with Crippen molar-refractivity contribution in [3.63, 3.8) is 0 Å². The standard InChI is InChI=1S/C8H11BrN4O3S/c9-7-1-5(10)2-11-8(7)16-4-6-3-12-17(14,15)13-6/h1-2,6,12-13H,3-4,10H2/t6-/m0/s1. The maximum absolute atomic E-state index is 11.0. The van der Waals surface area contributed by atoms with Gasteiger partial charge in [0.1, 0.15) is 6.61 Å². The Bertz CT molecular complexity index is 522. The summed E-state index contributed by atoms with van der Waals surface area (Å²) in [5, 5.41) is 0. The monoisotopic (exact) mass is 322 g/mol. The number of hydrogen-bond acceptors (Lipinski definition) is 5. The number of anilines is 1. The van der Waals surface area contributed by atoms with Crippen LogP contribution in [0.4, 0.5) is 5.69 Å². The molecule has 9 heteroatoms. The number of halogens is 1. The highest BCUT2D eigenvalue weighted by Gasteiger charge is 2.26. The number of aromatic nitrogens is 1. The van der Waals surface area contributed by atoms with Crippen LogP contribution in [0.25, 0.3) is 0 Å². The van der Waals surface area contributed by atoms with Gasteiger partial charge >= 0.3 is 0 Å². The SMILES string of the molecule is Nc1cnc(OC[C@@H]2CNS(=O)(=O)N2)c(Br)c1. The van der Waals surface area contributed by atoms with Crippen LogP contribution in [-0.4, -0.2) is 32.6 Å². The Kier molecular flexibility index (Phi) is 3.52. The van der Waals surface area contributed by atoms with E-state index in [1.165, 1.54) is 6.20 Å². The molecule has 0 radical (unpaired) electrons. The third-order valence-corrected chi connectivity index (χ3v) is 3.85. The largest absolute Gasteiger partial charge is 0.475 e. The highest BCUT2D eigenvalue weighted by atomic mass is 79.9. The second-order valence-electron chi connectivity index (χ2n) is 3.53. The number of nitrogens with zero attached hydrogens (tertiary/aromatic N) is 1. The molecule has 0 spiro atoms. The van der Waals surface area contributed by atoms with Gasteiger partial charge < -0.3 is 10.5 Å². The van der Waals surface area contributed by atoms with Crippen molar-refractivity contribution in [2.45, 2.75) is 6.04 Å². The molecular weight excluding hydrogens is 312 g/mol. The summed E-state index contributed by atoms with van der Waals surface area (Å²) < 4.78 is 32.8. The van der Waals surface area contributed by atoms with Crippen molar-refractivity contribution in [2.24, 2.45) is 0 Å². The zero-order valence-corrected chi connectivity index (χ0v) is 11.1. The first kappa shape index (κ1) is 12.6. The van der Waals surface area contributed by atoms with Crippen molar-refractivity contribution in [3.05, 3.63) is 16.7 Å². The third kappa shape index (κ3) is 3.28. The maximum atomic E-state index is 11.0. The van der Waals surface area contributed by atoms with Crippen LogP contribution in [0, 0.1) is 0 Å². The van der Waals surface area contributed by atoms with E-state index in [0.29, 0.717) is 22.6 Å². The van der Waals surface area contributed by atoms with Gasteiger partial charge in [-0.1, -0.05) is 0 Å². The van der Waals surface area contributed by atoms with Gasteiger partial charge in [-0.05, 0) is 22.0 Å². The zero-order chi connectivity index (χ0) is 12.5. The first-order valence-corrected chi connectivity index (χ1v) is 7.04. The molecule has 1 aromatic heterocycles. The van der Waals surface area contributed by atoms with Crippen molar-refractivity contribution >= 4 is 31.8 Å². The Hall–Kier alpha value is -0.900. The summed E-state index contributed by atoms with van der Waals surface area (Å²) in [4.78, 5) is 3.98. The number of nitrogen functional groups attached to an aromatic ring is 1. The highest BCUT2D eigenvalue weighted by Crippen LogP contribution is 2.24. The van der Waals surface area contributed by atoms with Gasteiger partial charge in [-0.2, -0.15) is 13.1 Å². The molecule has 0 amide bonds. The second kappa shape index (κ2) is 4.77. The van der Waals surface area contributed by atoms with Gasteiger partial charge in [-0.15, -0.1) is 0 Å². The number of rotatable bonds is 3. The minimum Gasteiger partial charge on any atom is -0.475 e. The molecule has 2 heterocycles. The van der Waals surface area contributed by atoms with Gasteiger partial charge in [0.15, 0.2) is 0 Å². The van der Waals surface area contributed by atoms with Crippen LogP contribution in [0.15, 0.2) is 16.7 Å². The lowest BCUT2D eigenvalue weighted by molar-refractivity contribution is 0.274. The van der Waals surface area contributed by atoms with E-state index in [0.717, 1.165) is 0 Å². The predicted octanol–water partition coefficient (Wildman–Crippen LogP) is -0.389. The van der Waals surface area contributed by atoms with Crippen molar-refractivity contribution in [2.75, 3.05) is 18.9 Å². The smallest absolute Gasteiger partial charge is 0.277 e. The molecule has 1 aromatic rings. The van der Waals surface area contributed by atoms with Crippen LogP contribution >= 0.6 is 15.9 Å². The quantitative estimate of drug-likeness (QED) is 0.702. The van der Waals surface area contributed by atoms with E-state index in [2.05, 4.69) is 30.4 Å². The van der Waals surface area contributed by atoms with Crippen LogP contribution in [0.1, 0.15) is 0 Å². The lowest BCUT2D eigenvalue weighted by Gasteiger charge is -2.10. The van der Waals surface area contributed by atoms with Crippen LogP contribution in [0.2, 0.25) is 0 Å². The van der Waals surface area contributed by atoms with E-state index in [1.54, 1.807) is 6.07 Å². The van der Waals surface area contributed by atoms with Crippen molar-refractivity contribution in [3.8, 4) is 5.88 Å². The molecule has 0 aliphatic carbocycles. The zero-order valence-electron chi connectivity index (χ0n) is 8.68. The first-order valence-electron chi connectivity index (χ1n) is 4.77. The van der Waals surface area contributed by atoms with Gasteiger partial charge in [0, 0.05) is 6.54 Å². The van der Waals surface area contributed by atoms with E-state index in [9.17, 15) is 8.42 Å². The third-order valence-electron chi connectivity index (χ3n) is 2.09. The maximum Gasteiger partial charge on any atom is 0.277 e. The Labute approximate surface area is 107 Å². The fourth-order valence-corrected chi connectivity index (χ4v) is 2.91. The molecule has 0 aromatic carbocycles. The van der Waals surface area contributed by atoms with Crippen molar-refractivity contribution < 1.29 is 13.2 Å². The summed E-state index contributed by atoms with van der Waals surface area (Å²) in [7, 11) is -3.35. The molecule has 1 atom stereocenters. The van der Waals surface area contributed by atoms with Gasteiger partial charge in [-0.3, -0.25) is 0 Å². The highest BCUT2D eigenvalue weighted by molar-refractivity contribution is 9.10. The van der Waals surface area contributed by atoms with Gasteiger partial charge in [0.25, 0.3) is 10.2 Å². The number of nitrogens with one attached hydrogen (secondary N) is 2.